The quantitative estimate of drug-likeness (QED) is 0.502. The van der Waals surface area contributed by atoms with E-state index >= 15 is 0 Å². The minimum absolute atomic E-state index is 0.0358. The van der Waals surface area contributed by atoms with Crippen LogP contribution in [0.15, 0.2) is 65.4 Å². The van der Waals surface area contributed by atoms with E-state index in [1.807, 2.05) is 36.1 Å². The third-order valence-corrected chi connectivity index (χ3v) is 8.29. The molecule has 2 heterocycles. The van der Waals surface area contributed by atoms with Crippen molar-refractivity contribution in [3.05, 3.63) is 70.9 Å². The molecule has 2 aromatic rings. The number of allylic oxidation sites excluding steroid dienone is 2. The molecule has 3 aliphatic rings. The minimum Gasteiger partial charge on any atom is -0.378 e. The number of rotatable bonds is 8. The predicted octanol–water partition coefficient (Wildman–Crippen LogP) is 4.72. The van der Waals surface area contributed by atoms with E-state index < -0.39 is 5.92 Å². The molecule has 1 unspecified atom stereocenters. The van der Waals surface area contributed by atoms with Gasteiger partial charge in [0.25, 0.3) is 5.91 Å². The second kappa shape index (κ2) is 12.6. The smallest absolute Gasteiger partial charge is 0.251 e. The van der Waals surface area contributed by atoms with Crippen LogP contribution in [0.5, 0.6) is 0 Å². The highest BCUT2D eigenvalue weighted by Crippen LogP contribution is 2.32. The molecule has 0 saturated carbocycles. The maximum Gasteiger partial charge on any atom is 0.251 e. The molecule has 1 aliphatic carbocycles. The van der Waals surface area contributed by atoms with Gasteiger partial charge in [0.2, 0.25) is 11.8 Å². The predicted molar refractivity (Wildman–Crippen MR) is 151 cm³/mol. The fourth-order valence-electron chi connectivity index (χ4n) is 5.99. The van der Waals surface area contributed by atoms with Gasteiger partial charge in [0.1, 0.15) is 0 Å². The first-order valence-electron chi connectivity index (χ1n) is 14.3. The number of nitrogens with one attached hydrogen (secondary N) is 1. The summed E-state index contributed by atoms with van der Waals surface area (Å²) in [6.45, 7) is 4.97. The maximum absolute atomic E-state index is 13.7. The number of morpholine rings is 1. The number of carbonyl (C=O) groups is 3. The molecule has 0 aromatic heterocycles. The van der Waals surface area contributed by atoms with Gasteiger partial charge in [-0.3, -0.25) is 14.4 Å². The summed E-state index contributed by atoms with van der Waals surface area (Å²) in [7, 11) is 0. The van der Waals surface area contributed by atoms with Crippen molar-refractivity contribution in [2.75, 3.05) is 32.8 Å². The number of fused-ring (bicyclic) bond motifs is 1. The van der Waals surface area contributed by atoms with Crippen molar-refractivity contribution >= 4 is 28.5 Å². The summed E-state index contributed by atoms with van der Waals surface area (Å²) in [6.07, 6.45) is 8.05. The number of benzene rings is 2. The van der Waals surface area contributed by atoms with Gasteiger partial charge in [0, 0.05) is 43.9 Å². The Morgan fingerprint density at radius 1 is 1.05 bits per heavy atom. The summed E-state index contributed by atoms with van der Waals surface area (Å²) in [6, 6.07) is 14.2. The van der Waals surface area contributed by atoms with Crippen molar-refractivity contribution in [1.29, 1.82) is 0 Å². The maximum atomic E-state index is 13.7. The first-order valence-corrected chi connectivity index (χ1v) is 14.3. The molecule has 3 amide bonds. The molecule has 1 saturated heterocycles. The SMILES string of the molecule is CC1=C(C(=O)N2CCOCC2)CC(CC(=O)NCc2cccc3ccccc23)C(=O)N1CCC1=CCCCC1. The molecule has 206 valence electrons. The first kappa shape index (κ1) is 27.1. The molecular weight excluding hydrogens is 490 g/mol. The third kappa shape index (κ3) is 6.41. The van der Waals surface area contributed by atoms with Crippen LogP contribution in [-0.4, -0.2) is 60.4 Å². The van der Waals surface area contributed by atoms with E-state index in [9.17, 15) is 14.4 Å². The lowest BCUT2D eigenvalue weighted by Crippen LogP contribution is -2.47. The Hall–Kier alpha value is -3.45. The lowest BCUT2D eigenvalue weighted by molar-refractivity contribution is -0.139. The average molecular weight is 530 g/mol. The van der Waals surface area contributed by atoms with Gasteiger partial charge in [-0.15, -0.1) is 0 Å². The number of hydrogen-bond donors (Lipinski definition) is 1. The van der Waals surface area contributed by atoms with Crippen LogP contribution in [0.2, 0.25) is 0 Å². The molecule has 7 nitrogen and oxygen atoms in total. The lowest BCUT2D eigenvalue weighted by atomic mass is 9.87. The molecule has 0 bridgehead atoms. The zero-order valence-electron chi connectivity index (χ0n) is 22.9. The van der Waals surface area contributed by atoms with Crippen molar-refractivity contribution in [3.8, 4) is 0 Å². The molecule has 1 atom stereocenters. The molecular formula is C32H39N3O4. The zero-order valence-corrected chi connectivity index (χ0v) is 22.9. The summed E-state index contributed by atoms with van der Waals surface area (Å²) < 4.78 is 5.44. The number of hydrogen-bond acceptors (Lipinski definition) is 4. The molecule has 7 heteroatoms. The number of amides is 3. The van der Waals surface area contributed by atoms with Gasteiger partial charge in [-0.05, 0) is 61.8 Å². The van der Waals surface area contributed by atoms with Gasteiger partial charge in [-0.2, -0.15) is 0 Å². The van der Waals surface area contributed by atoms with Crippen molar-refractivity contribution < 1.29 is 19.1 Å². The zero-order chi connectivity index (χ0) is 27.2. The fraction of sp³-hybridized carbons (Fsp3) is 0.469. The Balaban J connectivity index is 1.30. The molecule has 0 spiro atoms. The first-order chi connectivity index (χ1) is 19.0. The Bertz CT molecular complexity index is 1290. The summed E-state index contributed by atoms with van der Waals surface area (Å²) in [4.78, 5) is 43.9. The summed E-state index contributed by atoms with van der Waals surface area (Å²) in [5, 5.41) is 5.26. The Morgan fingerprint density at radius 2 is 1.85 bits per heavy atom. The number of carbonyl (C=O) groups excluding carboxylic acids is 3. The average Bonchev–Trinajstić information content (AvgIpc) is 2.98. The van der Waals surface area contributed by atoms with Crippen LogP contribution in [-0.2, 0) is 25.7 Å². The van der Waals surface area contributed by atoms with E-state index in [2.05, 4.69) is 29.6 Å². The minimum atomic E-state index is -0.554. The van der Waals surface area contributed by atoms with Crippen LogP contribution in [0.3, 0.4) is 0 Å². The van der Waals surface area contributed by atoms with Crippen molar-refractivity contribution in [3.63, 3.8) is 0 Å². The Labute approximate surface area is 230 Å². The molecule has 2 aliphatic heterocycles. The van der Waals surface area contributed by atoms with Crippen molar-refractivity contribution in [1.82, 2.24) is 15.1 Å². The Kier molecular flexibility index (Phi) is 8.77. The van der Waals surface area contributed by atoms with Crippen molar-refractivity contribution in [2.24, 2.45) is 5.92 Å². The number of nitrogens with zero attached hydrogens (tertiary/aromatic N) is 2. The molecule has 0 radical (unpaired) electrons. The van der Waals surface area contributed by atoms with Gasteiger partial charge in [0.05, 0.1) is 19.1 Å². The third-order valence-electron chi connectivity index (χ3n) is 8.29. The lowest BCUT2D eigenvalue weighted by Gasteiger charge is -2.37. The van der Waals surface area contributed by atoms with Crippen molar-refractivity contribution in [2.45, 2.75) is 58.4 Å². The fourth-order valence-corrected chi connectivity index (χ4v) is 5.99. The summed E-state index contributed by atoms with van der Waals surface area (Å²) in [5.74, 6) is -0.815. The monoisotopic (exact) mass is 529 g/mol. The van der Waals surface area contributed by atoms with Crippen LogP contribution in [0, 0.1) is 5.92 Å². The normalized spacial score (nSPS) is 20.3. The van der Waals surface area contributed by atoms with Gasteiger partial charge in [0.15, 0.2) is 0 Å². The topological polar surface area (TPSA) is 79.0 Å². The highest BCUT2D eigenvalue weighted by atomic mass is 16.5. The highest BCUT2D eigenvalue weighted by molar-refractivity contribution is 5.98. The van der Waals surface area contributed by atoms with E-state index in [4.69, 9.17) is 4.74 Å². The molecule has 2 aromatic carbocycles. The standard InChI is InChI=1S/C32H39N3O4/c1-23-29(32(38)34-16-18-39-19-17-34)20-27(31(37)35(23)15-14-24-8-3-2-4-9-24)21-30(36)33-22-26-12-7-11-25-10-5-6-13-28(25)26/h5-8,10-13,27H,2-4,9,14-22H2,1H3,(H,33,36). The van der Waals surface area contributed by atoms with Gasteiger partial charge >= 0.3 is 0 Å². The second-order valence-corrected chi connectivity index (χ2v) is 10.8. The van der Waals surface area contributed by atoms with Crippen LogP contribution in [0.25, 0.3) is 10.8 Å². The molecule has 1 fully saturated rings. The van der Waals surface area contributed by atoms with Crippen LogP contribution < -0.4 is 5.32 Å². The largest absolute Gasteiger partial charge is 0.378 e. The van der Waals surface area contributed by atoms with Crippen LogP contribution in [0.1, 0.15) is 57.4 Å². The molecule has 1 N–H and O–H groups in total. The van der Waals surface area contributed by atoms with Gasteiger partial charge in [-0.25, -0.2) is 0 Å². The van der Waals surface area contributed by atoms with Crippen LogP contribution >= 0.6 is 0 Å². The van der Waals surface area contributed by atoms with E-state index in [0.29, 0.717) is 51.4 Å². The van der Waals surface area contributed by atoms with E-state index in [1.165, 1.54) is 18.4 Å². The van der Waals surface area contributed by atoms with Gasteiger partial charge < -0.3 is 19.9 Å². The van der Waals surface area contributed by atoms with Gasteiger partial charge in [-0.1, -0.05) is 54.1 Å². The number of ether oxygens (including phenoxy) is 1. The Morgan fingerprint density at radius 3 is 2.64 bits per heavy atom. The summed E-state index contributed by atoms with van der Waals surface area (Å²) >= 11 is 0. The molecule has 5 rings (SSSR count). The molecule has 39 heavy (non-hydrogen) atoms. The van der Waals surface area contributed by atoms with Crippen LogP contribution in [0.4, 0.5) is 0 Å². The second-order valence-electron chi connectivity index (χ2n) is 10.8. The van der Waals surface area contributed by atoms with E-state index in [1.54, 1.807) is 4.90 Å². The van der Waals surface area contributed by atoms with E-state index in [-0.39, 0.29) is 24.1 Å². The van der Waals surface area contributed by atoms with E-state index in [0.717, 1.165) is 41.3 Å². The summed E-state index contributed by atoms with van der Waals surface area (Å²) in [5.41, 5.74) is 3.82. The highest BCUT2D eigenvalue weighted by Gasteiger charge is 2.37.